The van der Waals surface area contributed by atoms with Crippen LogP contribution in [0.25, 0.3) is 10.8 Å². The molecule has 0 spiro atoms. The highest BCUT2D eigenvalue weighted by molar-refractivity contribution is 5.84. The lowest BCUT2D eigenvalue weighted by atomic mass is 10.1. The Hall–Kier alpha value is -2.10. The fraction of sp³-hybridized carbons (Fsp3) is 0.263. The normalized spacial score (nSPS) is 12.6. The van der Waals surface area contributed by atoms with Gasteiger partial charge in [-0.25, -0.2) is 0 Å². The molecule has 0 amide bonds. The fourth-order valence-corrected chi connectivity index (χ4v) is 2.59. The van der Waals surface area contributed by atoms with Crippen LogP contribution < -0.4 is 5.32 Å². The van der Waals surface area contributed by atoms with E-state index in [1.54, 1.807) is 6.26 Å². The molecule has 1 aromatic heterocycles. The summed E-state index contributed by atoms with van der Waals surface area (Å²) in [6, 6.07) is 16.4. The lowest BCUT2D eigenvalue weighted by Crippen LogP contribution is -2.23. The predicted molar refractivity (Wildman–Crippen MR) is 88.9 cm³/mol. The first-order valence-corrected chi connectivity index (χ1v) is 7.64. The van der Waals surface area contributed by atoms with Crippen molar-refractivity contribution in [3.63, 3.8) is 0 Å². The van der Waals surface area contributed by atoms with Gasteiger partial charge in [0.05, 0.1) is 6.26 Å². The molecule has 0 radical (unpaired) electrons. The Balaban J connectivity index is 1.52. The molecule has 2 aromatic carbocycles. The van der Waals surface area contributed by atoms with Crippen molar-refractivity contribution >= 4 is 10.8 Å². The quantitative estimate of drug-likeness (QED) is 0.683. The van der Waals surface area contributed by atoms with Gasteiger partial charge in [0.2, 0.25) is 0 Å². The number of fused-ring (bicyclic) bond motifs is 1. The minimum atomic E-state index is -0.627. The standard InChI is InChI=1S/C19H21NO2/c1-14-6-8-15(9-7-14)10-11-20-12-18(21)19-17-5-3-2-4-16(17)13-22-19/h2-9,13,18,20-21H,10-12H2,1H3. The van der Waals surface area contributed by atoms with Gasteiger partial charge in [0.25, 0.3) is 0 Å². The highest BCUT2D eigenvalue weighted by atomic mass is 16.4. The third kappa shape index (κ3) is 3.38. The van der Waals surface area contributed by atoms with Crippen LogP contribution in [0.5, 0.6) is 0 Å². The molecule has 3 rings (SSSR count). The molecule has 0 bridgehead atoms. The smallest absolute Gasteiger partial charge is 0.141 e. The van der Waals surface area contributed by atoms with Crippen molar-refractivity contribution in [2.24, 2.45) is 0 Å². The van der Waals surface area contributed by atoms with Gasteiger partial charge in [-0.1, -0.05) is 54.1 Å². The minimum absolute atomic E-state index is 0.489. The molecule has 0 saturated heterocycles. The molecule has 0 aliphatic heterocycles. The van der Waals surface area contributed by atoms with Crippen molar-refractivity contribution in [2.45, 2.75) is 19.4 Å². The number of nitrogens with one attached hydrogen (secondary N) is 1. The monoisotopic (exact) mass is 295 g/mol. The highest BCUT2D eigenvalue weighted by Gasteiger charge is 2.14. The van der Waals surface area contributed by atoms with Gasteiger partial charge >= 0.3 is 0 Å². The second-order valence-electron chi connectivity index (χ2n) is 5.64. The van der Waals surface area contributed by atoms with Gasteiger partial charge in [-0.2, -0.15) is 0 Å². The average Bonchev–Trinajstić information content (AvgIpc) is 2.97. The van der Waals surface area contributed by atoms with E-state index in [4.69, 9.17) is 4.42 Å². The first-order valence-electron chi connectivity index (χ1n) is 7.64. The molecule has 0 fully saturated rings. The molecule has 1 atom stereocenters. The van der Waals surface area contributed by atoms with Crippen LogP contribution >= 0.6 is 0 Å². The second kappa shape index (κ2) is 6.77. The van der Waals surface area contributed by atoms with E-state index >= 15 is 0 Å². The third-order valence-electron chi connectivity index (χ3n) is 3.89. The molecule has 0 aliphatic carbocycles. The number of furan rings is 1. The van der Waals surface area contributed by atoms with Crippen LogP contribution in [0.2, 0.25) is 0 Å². The lowest BCUT2D eigenvalue weighted by molar-refractivity contribution is 0.150. The molecule has 22 heavy (non-hydrogen) atoms. The van der Waals surface area contributed by atoms with Gasteiger partial charge in [0.1, 0.15) is 11.9 Å². The number of rotatable bonds is 6. The minimum Gasteiger partial charge on any atom is -0.465 e. The van der Waals surface area contributed by atoms with Crippen molar-refractivity contribution in [3.8, 4) is 0 Å². The van der Waals surface area contributed by atoms with Gasteiger partial charge in [-0.05, 0) is 25.5 Å². The van der Waals surface area contributed by atoms with Crippen molar-refractivity contribution in [3.05, 3.63) is 71.7 Å². The van der Waals surface area contributed by atoms with Gasteiger partial charge in [0.15, 0.2) is 0 Å². The molecule has 1 unspecified atom stereocenters. The van der Waals surface area contributed by atoms with E-state index in [-0.39, 0.29) is 0 Å². The number of aliphatic hydroxyl groups is 1. The summed E-state index contributed by atoms with van der Waals surface area (Å²) in [6.45, 7) is 3.41. The number of hydrogen-bond acceptors (Lipinski definition) is 3. The zero-order valence-electron chi connectivity index (χ0n) is 12.8. The van der Waals surface area contributed by atoms with Gasteiger partial charge in [-0.3, -0.25) is 0 Å². The van der Waals surface area contributed by atoms with Crippen LogP contribution in [-0.4, -0.2) is 18.2 Å². The Morgan fingerprint density at radius 1 is 1.09 bits per heavy atom. The Morgan fingerprint density at radius 2 is 1.86 bits per heavy atom. The predicted octanol–water partition coefficient (Wildman–Crippen LogP) is 3.61. The zero-order chi connectivity index (χ0) is 15.4. The van der Waals surface area contributed by atoms with E-state index in [1.807, 2.05) is 24.3 Å². The summed E-state index contributed by atoms with van der Waals surface area (Å²) < 4.78 is 5.52. The van der Waals surface area contributed by atoms with E-state index < -0.39 is 6.10 Å². The number of aliphatic hydroxyl groups excluding tert-OH is 1. The Bertz CT molecular complexity index is 731. The van der Waals surface area contributed by atoms with Crippen LogP contribution in [-0.2, 0) is 6.42 Å². The fourth-order valence-electron chi connectivity index (χ4n) is 2.59. The summed E-state index contributed by atoms with van der Waals surface area (Å²) in [4.78, 5) is 0. The van der Waals surface area contributed by atoms with E-state index in [9.17, 15) is 5.11 Å². The van der Waals surface area contributed by atoms with Crippen molar-refractivity contribution in [1.29, 1.82) is 0 Å². The van der Waals surface area contributed by atoms with Gasteiger partial charge in [-0.15, -0.1) is 0 Å². The molecule has 0 saturated carbocycles. The van der Waals surface area contributed by atoms with Crippen LogP contribution in [0, 0.1) is 6.92 Å². The Kier molecular flexibility index (Phi) is 4.56. The highest BCUT2D eigenvalue weighted by Crippen LogP contribution is 2.25. The molecule has 3 aromatic rings. The number of benzene rings is 2. The molecule has 3 heteroatoms. The first-order chi connectivity index (χ1) is 10.7. The first kappa shape index (κ1) is 14.8. The van der Waals surface area contributed by atoms with Crippen LogP contribution in [0.15, 0.2) is 59.2 Å². The lowest BCUT2D eigenvalue weighted by Gasteiger charge is -2.10. The maximum absolute atomic E-state index is 10.3. The molecular formula is C19H21NO2. The number of hydrogen-bond donors (Lipinski definition) is 2. The summed E-state index contributed by atoms with van der Waals surface area (Å²) in [6.07, 6.45) is 2.02. The van der Waals surface area contributed by atoms with Gasteiger partial charge < -0.3 is 14.8 Å². The van der Waals surface area contributed by atoms with Crippen molar-refractivity contribution in [1.82, 2.24) is 5.32 Å². The van der Waals surface area contributed by atoms with E-state index in [1.165, 1.54) is 11.1 Å². The topological polar surface area (TPSA) is 45.4 Å². The Labute approximate surface area is 130 Å². The molecular weight excluding hydrogens is 274 g/mol. The summed E-state index contributed by atoms with van der Waals surface area (Å²) in [5.74, 6) is 0.637. The zero-order valence-corrected chi connectivity index (χ0v) is 12.8. The molecule has 2 N–H and O–H groups in total. The second-order valence-corrected chi connectivity index (χ2v) is 5.64. The molecule has 3 nitrogen and oxygen atoms in total. The summed E-state index contributed by atoms with van der Waals surface area (Å²) in [5, 5.41) is 15.6. The molecule has 0 aliphatic rings. The molecule has 114 valence electrons. The SMILES string of the molecule is Cc1ccc(CCNCC(O)c2occ3ccccc23)cc1. The maximum Gasteiger partial charge on any atom is 0.141 e. The summed E-state index contributed by atoms with van der Waals surface area (Å²) >= 11 is 0. The average molecular weight is 295 g/mol. The van der Waals surface area contributed by atoms with Crippen molar-refractivity contribution in [2.75, 3.05) is 13.1 Å². The van der Waals surface area contributed by atoms with E-state index in [0.29, 0.717) is 12.3 Å². The van der Waals surface area contributed by atoms with Crippen molar-refractivity contribution < 1.29 is 9.52 Å². The van der Waals surface area contributed by atoms with E-state index in [2.05, 4.69) is 36.5 Å². The summed E-state index contributed by atoms with van der Waals surface area (Å²) in [5.41, 5.74) is 2.58. The Morgan fingerprint density at radius 3 is 2.68 bits per heavy atom. The largest absolute Gasteiger partial charge is 0.465 e. The van der Waals surface area contributed by atoms with Crippen LogP contribution in [0.3, 0.4) is 0 Å². The number of aryl methyl sites for hydroxylation is 1. The summed E-state index contributed by atoms with van der Waals surface area (Å²) in [7, 11) is 0. The van der Waals surface area contributed by atoms with Gasteiger partial charge in [0, 0.05) is 17.3 Å². The van der Waals surface area contributed by atoms with Crippen LogP contribution in [0.4, 0.5) is 0 Å². The molecule has 1 heterocycles. The maximum atomic E-state index is 10.3. The van der Waals surface area contributed by atoms with Crippen LogP contribution in [0.1, 0.15) is 23.0 Å². The third-order valence-corrected chi connectivity index (χ3v) is 3.89. The van der Waals surface area contributed by atoms with E-state index in [0.717, 1.165) is 23.7 Å².